The molecule has 0 saturated heterocycles. The van der Waals surface area contributed by atoms with E-state index >= 15 is 0 Å². The third-order valence-electron chi connectivity index (χ3n) is 3.51. The van der Waals surface area contributed by atoms with Gasteiger partial charge >= 0.3 is 0 Å². The number of nitrogens with two attached hydrogens (primary N) is 1. The first-order chi connectivity index (χ1) is 7.39. The maximum atomic E-state index is 13.7. The topological polar surface area (TPSA) is 35.2 Å². The van der Waals surface area contributed by atoms with E-state index in [2.05, 4.69) is 0 Å². The lowest BCUT2D eigenvalue weighted by Crippen LogP contribution is -2.07. The molecule has 88 valence electrons. The fraction of sp³-hybridized carbons (Fsp3) is 0.500. The molecular formula is C12H15F2NO. The van der Waals surface area contributed by atoms with Crippen LogP contribution in [0.25, 0.3) is 0 Å². The fourth-order valence-electron chi connectivity index (χ4n) is 2.21. The van der Waals surface area contributed by atoms with Crippen LogP contribution in [0.5, 0.6) is 5.75 Å². The number of halogens is 2. The molecule has 1 fully saturated rings. The van der Waals surface area contributed by atoms with Gasteiger partial charge in [0.1, 0.15) is 17.4 Å². The molecule has 1 aliphatic rings. The van der Waals surface area contributed by atoms with E-state index in [-0.39, 0.29) is 28.7 Å². The lowest BCUT2D eigenvalue weighted by molar-refractivity contribution is 0.404. The molecule has 2 rings (SSSR count). The van der Waals surface area contributed by atoms with Gasteiger partial charge in [-0.05, 0) is 5.41 Å². The van der Waals surface area contributed by atoms with Gasteiger partial charge < -0.3 is 10.5 Å². The zero-order valence-electron chi connectivity index (χ0n) is 9.55. The molecule has 16 heavy (non-hydrogen) atoms. The van der Waals surface area contributed by atoms with Crippen molar-refractivity contribution in [1.29, 1.82) is 0 Å². The summed E-state index contributed by atoms with van der Waals surface area (Å²) in [5.74, 6) is -1.23. The lowest BCUT2D eigenvalue weighted by Gasteiger charge is -2.08. The van der Waals surface area contributed by atoms with Gasteiger partial charge in [-0.15, -0.1) is 0 Å². The summed E-state index contributed by atoms with van der Waals surface area (Å²) in [7, 11) is 1.38. The van der Waals surface area contributed by atoms with E-state index in [1.165, 1.54) is 19.2 Å². The summed E-state index contributed by atoms with van der Waals surface area (Å²) in [5.41, 5.74) is 5.66. The van der Waals surface area contributed by atoms with Gasteiger partial charge in [0.15, 0.2) is 0 Å². The molecule has 2 nitrogen and oxygen atoms in total. The zero-order chi connectivity index (χ0) is 12.1. The van der Waals surface area contributed by atoms with Crippen molar-refractivity contribution >= 4 is 0 Å². The van der Waals surface area contributed by atoms with E-state index in [0.29, 0.717) is 0 Å². The van der Waals surface area contributed by atoms with Gasteiger partial charge in [-0.3, -0.25) is 0 Å². The number of methoxy groups -OCH3 is 1. The van der Waals surface area contributed by atoms with Crippen LogP contribution in [0.15, 0.2) is 12.1 Å². The Morgan fingerprint density at radius 3 is 2.00 bits per heavy atom. The molecule has 1 aliphatic carbocycles. The average molecular weight is 227 g/mol. The molecule has 1 saturated carbocycles. The molecule has 1 aromatic rings. The predicted molar refractivity (Wildman–Crippen MR) is 57.4 cm³/mol. The molecule has 4 heteroatoms. The van der Waals surface area contributed by atoms with Crippen LogP contribution in [0.2, 0.25) is 0 Å². The molecule has 2 unspecified atom stereocenters. The second kappa shape index (κ2) is 3.42. The number of hydrogen-bond acceptors (Lipinski definition) is 2. The maximum absolute atomic E-state index is 13.7. The smallest absolute Gasteiger partial charge is 0.133 e. The van der Waals surface area contributed by atoms with E-state index in [0.717, 1.165) is 0 Å². The highest BCUT2D eigenvalue weighted by molar-refractivity contribution is 5.40. The van der Waals surface area contributed by atoms with Crippen LogP contribution in [0.1, 0.15) is 25.3 Å². The summed E-state index contributed by atoms with van der Waals surface area (Å²) >= 11 is 0. The molecule has 0 aromatic heterocycles. The third kappa shape index (κ3) is 1.48. The summed E-state index contributed by atoms with van der Waals surface area (Å²) < 4.78 is 32.3. The van der Waals surface area contributed by atoms with Gasteiger partial charge in [0.25, 0.3) is 0 Å². The number of hydrogen-bond donors (Lipinski definition) is 1. The minimum absolute atomic E-state index is 0.0818. The number of rotatable bonds is 2. The average Bonchev–Trinajstić information content (AvgIpc) is 2.67. The van der Waals surface area contributed by atoms with Crippen LogP contribution < -0.4 is 10.5 Å². The maximum Gasteiger partial charge on any atom is 0.133 e. The van der Waals surface area contributed by atoms with Crippen LogP contribution in [-0.2, 0) is 0 Å². The van der Waals surface area contributed by atoms with Crippen LogP contribution in [-0.4, -0.2) is 13.2 Å². The summed E-state index contributed by atoms with van der Waals surface area (Å²) in [4.78, 5) is 0. The fourth-order valence-corrected chi connectivity index (χ4v) is 2.21. The van der Waals surface area contributed by atoms with E-state index < -0.39 is 11.6 Å². The Balaban J connectivity index is 2.44. The molecule has 0 bridgehead atoms. The third-order valence-corrected chi connectivity index (χ3v) is 3.51. The highest BCUT2D eigenvalue weighted by atomic mass is 19.1. The molecule has 1 aromatic carbocycles. The van der Waals surface area contributed by atoms with Gasteiger partial charge in [-0.2, -0.15) is 0 Å². The van der Waals surface area contributed by atoms with Gasteiger partial charge in [-0.25, -0.2) is 8.78 Å². The van der Waals surface area contributed by atoms with Crippen LogP contribution in [0.3, 0.4) is 0 Å². The Hall–Kier alpha value is -1.16. The molecule has 0 radical (unpaired) electrons. The highest BCUT2D eigenvalue weighted by Gasteiger charge is 2.58. The van der Waals surface area contributed by atoms with Crippen molar-refractivity contribution in [2.24, 2.45) is 11.1 Å². The molecule has 0 heterocycles. The Morgan fingerprint density at radius 1 is 1.25 bits per heavy atom. The van der Waals surface area contributed by atoms with Crippen LogP contribution in [0, 0.1) is 17.0 Å². The largest absolute Gasteiger partial charge is 0.497 e. The van der Waals surface area contributed by atoms with Crippen molar-refractivity contribution in [3.8, 4) is 5.75 Å². The monoisotopic (exact) mass is 227 g/mol. The van der Waals surface area contributed by atoms with E-state index in [9.17, 15) is 8.78 Å². The minimum atomic E-state index is -0.581. The number of ether oxygens (including phenoxy) is 1. The van der Waals surface area contributed by atoms with Crippen molar-refractivity contribution in [2.45, 2.75) is 25.8 Å². The molecule has 0 amide bonds. The Labute approximate surface area is 93.4 Å². The zero-order valence-corrected chi connectivity index (χ0v) is 9.55. The molecule has 2 atom stereocenters. The second-order valence-electron chi connectivity index (χ2n) is 4.83. The molecule has 0 spiro atoms. The molecule has 2 N–H and O–H groups in total. The van der Waals surface area contributed by atoms with E-state index in [4.69, 9.17) is 10.5 Å². The first-order valence-corrected chi connectivity index (χ1v) is 5.18. The van der Waals surface area contributed by atoms with Gasteiger partial charge in [0.05, 0.1) is 7.11 Å². The Kier molecular flexibility index (Phi) is 2.42. The van der Waals surface area contributed by atoms with Crippen molar-refractivity contribution in [3.63, 3.8) is 0 Å². The van der Waals surface area contributed by atoms with Crippen molar-refractivity contribution < 1.29 is 13.5 Å². The first kappa shape index (κ1) is 11.3. The van der Waals surface area contributed by atoms with Crippen molar-refractivity contribution in [2.75, 3.05) is 7.11 Å². The van der Waals surface area contributed by atoms with Crippen LogP contribution >= 0.6 is 0 Å². The predicted octanol–water partition coefficient (Wildman–Crippen LogP) is 2.42. The summed E-state index contributed by atoms with van der Waals surface area (Å²) in [6.45, 7) is 3.82. The molecule has 0 aliphatic heterocycles. The Bertz CT molecular complexity index is 408. The first-order valence-electron chi connectivity index (χ1n) is 5.18. The normalized spacial score (nSPS) is 26.6. The quantitative estimate of drug-likeness (QED) is 0.842. The van der Waals surface area contributed by atoms with E-state index in [1.54, 1.807) is 0 Å². The lowest BCUT2D eigenvalue weighted by atomic mass is 10.0. The van der Waals surface area contributed by atoms with Crippen molar-refractivity contribution in [3.05, 3.63) is 29.3 Å². The van der Waals surface area contributed by atoms with Gasteiger partial charge in [0, 0.05) is 29.7 Å². The minimum Gasteiger partial charge on any atom is -0.497 e. The molecular weight excluding hydrogens is 212 g/mol. The van der Waals surface area contributed by atoms with Crippen LogP contribution in [0.4, 0.5) is 8.78 Å². The van der Waals surface area contributed by atoms with Crippen molar-refractivity contribution in [1.82, 2.24) is 0 Å². The standard InChI is InChI=1S/C12H15F2NO/c1-12(2)10(11(12)15)9-7(13)4-6(16-3)5-8(9)14/h4-5,10-11H,15H2,1-3H3. The Morgan fingerprint density at radius 2 is 1.69 bits per heavy atom. The summed E-state index contributed by atoms with van der Waals surface area (Å²) in [6, 6.07) is 2.20. The van der Waals surface area contributed by atoms with Gasteiger partial charge in [0.2, 0.25) is 0 Å². The summed E-state index contributed by atoms with van der Waals surface area (Å²) in [5, 5.41) is 0. The van der Waals surface area contributed by atoms with E-state index in [1.807, 2.05) is 13.8 Å². The SMILES string of the molecule is COc1cc(F)c(C2C(N)C2(C)C)c(F)c1. The summed E-state index contributed by atoms with van der Waals surface area (Å²) in [6.07, 6.45) is 0. The van der Waals surface area contributed by atoms with Gasteiger partial charge in [-0.1, -0.05) is 13.8 Å². The highest BCUT2D eigenvalue weighted by Crippen LogP contribution is 2.58. The number of benzene rings is 1. The second-order valence-corrected chi connectivity index (χ2v) is 4.83.